The summed E-state index contributed by atoms with van der Waals surface area (Å²) in [6.45, 7) is 2.83. The van der Waals surface area contributed by atoms with Crippen LogP contribution in [0.1, 0.15) is 10.4 Å². The van der Waals surface area contributed by atoms with Gasteiger partial charge in [-0.2, -0.15) is 0 Å². The maximum absolute atomic E-state index is 12.3. The second-order valence-electron chi connectivity index (χ2n) is 7.68. The number of nitro groups is 1. The van der Waals surface area contributed by atoms with Gasteiger partial charge in [0.1, 0.15) is 0 Å². The number of hydrogen-bond acceptors (Lipinski definition) is 8. The Morgan fingerprint density at radius 1 is 1.03 bits per heavy atom. The van der Waals surface area contributed by atoms with Crippen LogP contribution in [-0.2, 0) is 14.3 Å². The maximum Gasteiger partial charge on any atom is 0.270 e. The highest BCUT2D eigenvalue weighted by atomic mass is 16.6. The van der Waals surface area contributed by atoms with Crippen LogP contribution >= 0.6 is 0 Å². The van der Waals surface area contributed by atoms with Crippen LogP contribution in [0.2, 0.25) is 0 Å². The number of morpholine rings is 1. The minimum absolute atomic E-state index is 0.0295. The fourth-order valence-electron chi connectivity index (χ4n) is 3.32. The molecule has 3 amide bonds. The number of non-ortho nitro benzene ring substituents is 1. The Morgan fingerprint density at radius 3 is 2.38 bits per heavy atom. The summed E-state index contributed by atoms with van der Waals surface area (Å²) < 4.78 is 5.35. The molecule has 1 aliphatic rings. The lowest BCUT2D eigenvalue weighted by Crippen LogP contribution is -2.46. The van der Waals surface area contributed by atoms with Crippen molar-refractivity contribution >= 4 is 34.8 Å². The molecular formula is C22H26N6O6. The van der Waals surface area contributed by atoms with Gasteiger partial charge in [-0.05, 0) is 37.4 Å². The van der Waals surface area contributed by atoms with Crippen LogP contribution in [-0.4, -0.2) is 74.0 Å². The number of benzene rings is 2. The summed E-state index contributed by atoms with van der Waals surface area (Å²) in [5, 5.41) is 13.6. The summed E-state index contributed by atoms with van der Waals surface area (Å²) in [7, 11) is 1.59. The zero-order valence-electron chi connectivity index (χ0n) is 18.7. The van der Waals surface area contributed by atoms with Crippen LogP contribution < -0.4 is 21.1 Å². The molecular weight excluding hydrogens is 444 g/mol. The maximum atomic E-state index is 12.3. The monoisotopic (exact) mass is 470 g/mol. The van der Waals surface area contributed by atoms with Crippen molar-refractivity contribution in [2.24, 2.45) is 0 Å². The van der Waals surface area contributed by atoms with E-state index in [0.29, 0.717) is 18.9 Å². The summed E-state index contributed by atoms with van der Waals surface area (Å²) in [5.41, 5.74) is 5.92. The van der Waals surface area contributed by atoms with Gasteiger partial charge >= 0.3 is 0 Å². The zero-order valence-corrected chi connectivity index (χ0v) is 18.7. The van der Waals surface area contributed by atoms with E-state index in [1.54, 1.807) is 7.05 Å². The number of hydrogen-bond donors (Lipinski definition) is 3. The Bertz CT molecular complexity index is 1040. The molecule has 12 heteroatoms. The number of carbonyl (C=O) groups is 3. The SMILES string of the molecule is CN(CC(=O)NNC(=O)c1cccc([N+](=O)[O-])c1)CC(=O)Nc1ccc(N2CCOCC2)cc1. The highest BCUT2D eigenvalue weighted by Gasteiger charge is 2.15. The van der Waals surface area contributed by atoms with Crippen molar-refractivity contribution < 1.29 is 24.0 Å². The summed E-state index contributed by atoms with van der Waals surface area (Å²) >= 11 is 0. The van der Waals surface area contributed by atoms with Crippen molar-refractivity contribution in [3.8, 4) is 0 Å². The molecule has 3 N–H and O–H groups in total. The smallest absolute Gasteiger partial charge is 0.270 e. The third-order valence-corrected chi connectivity index (χ3v) is 4.99. The molecule has 1 fully saturated rings. The second kappa shape index (κ2) is 11.7. The van der Waals surface area contributed by atoms with Crippen molar-refractivity contribution in [3.63, 3.8) is 0 Å². The highest BCUT2D eigenvalue weighted by molar-refractivity contribution is 5.96. The van der Waals surface area contributed by atoms with Gasteiger partial charge in [0.15, 0.2) is 0 Å². The van der Waals surface area contributed by atoms with Crippen LogP contribution in [0.3, 0.4) is 0 Å². The van der Waals surface area contributed by atoms with Crippen molar-refractivity contribution in [1.82, 2.24) is 15.8 Å². The van der Waals surface area contributed by atoms with E-state index in [-0.39, 0.29) is 30.2 Å². The average molecular weight is 470 g/mol. The number of nitrogens with zero attached hydrogens (tertiary/aromatic N) is 3. The molecule has 0 spiro atoms. The fraction of sp³-hybridized carbons (Fsp3) is 0.318. The summed E-state index contributed by atoms with van der Waals surface area (Å²) in [6.07, 6.45) is 0. The van der Waals surface area contributed by atoms with E-state index in [1.165, 1.54) is 23.1 Å². The molecule has 1 aliphatic heterocycles. The first-order valence-corrected chi connectivity index (χ1v) is 10.6. The highest BCUT2D eigenvalue weighted by Crippen LogP contribution is 2.19. The molecule has 34 heavy (non-hydrogen) atoms. The molecule has 12 nitrogen and oxygen atoms in total. The Labute approximate surface area is 196 Å². The lowest BCUT2D eigenvalue weighted by atomic mass is 10.2. The standard InChI is InChI=1S/C22H26N6O6/c1-26(15-21(30)24-25-22(31)16-3-2-4-19(13-16)28(32)33)14-20(29)23-17-5-7-18(8-6-17)27-9-11-34-12-10-27/h2-8,13H,9-12,14-15H2,1H3,(H,23,29)(H,24,30)(H,25,31). The normalized spacial score (nSPS) is 13.3. The zero-order chi connectivity index (χ0) is 24.5. The van der Waals surface area contributed by atoms with E-state index in [0.717, 1.165) is 24.8 Å². The van der Waals surface area contributed by atoms with Crippen LogP contribution in [0.4, 0.5) is 17.1 Å². The van der Waals surface area contributed by atoms with Gasteiger partial charge in [0.05, 0.1) is 31.2 Å². The van der Waals surface area contributed by atoms with Gasteiger partial charge in [0.2, 0.25) is 5.91 Å². The van der Waals surface area contributed by atoms with Crippen LogP contribution in [0.5, 0.6) is 0 Å². The molecule has 2 aromatic carbocycles. The van der Waals surface area contributed by atoms with Crippen LogP contribution in [0.15, 0.2) is 48.5 Å². The quantitative estimate of drug-likeness (QED) is 0.379. The van der Waals surface area contributed by atoms with Crippen molar-refractivity contribution in [3.05, 3.63) is 64.2 Å². The average Bonchev–Trinajstić information content (AvgIpc) is 2.83. The van der Waals surface area contributed by atoms with Gasteiger partial charge < -0.3 is 15.0 Å². The van der Waals surface area contributed by atoms with E-state index >= 15 is 0 Å². The number of nitrogens with one attached hydrogen (secondary N) is 3. The van der Waals surface area contributed by atoms with E-state index < -0.39 is 16.7 Å². The third-order valence-electron chi connectivity index (χ3n) is 4.99. The minimum Gasteiger partial charge on any atom is -0.378 e. The Kier molecular flexibility index (Phi) is 8.48. The van der Waals surface area contributed by atoms with Crippen molar-refractivity contribution in [1.29, 1.82) is 0 Å². The summed E-state index contributed by atoms with van der Waals surface area (Å²) in [6, 6.07) is 12.6. The number of carbonyl (C=O) groups excluding carboxylic acids is 3. The number of nitro benzene ring substituents is 1. The number of anilines is 2. The molecule has 180 valence electrons. The Morgan fingerprint density at radius 2 is 1.71 bits per heavy atom. The van der Waals surface area contributed by atoms with Gasteiger partial charge in [-0.3, -0.25) is 40.2 Å². The predicted molar refractivity (Wildman–Crippen MR) is 124 cm³/mol. The van der Waals surface area contributed by atoms with E-state index in [9.17, 15) is 24.5 Å². The lowest BCUT2D eigenvalue weighted by molar-refractivity contribution is -0.384. The number of hydrazine groups is 1. The second-order valence-corrected chi connectivity index (χ2v) is 7.68. The van der Waals surface area contributed by atoms with E-state index in [1.807, 2.05) is 24.3 Å². The van der Waals surface area contributed by atoms with Crippen LogP contribution in [0, 0.1) is 10.1 Å². The predicted octanol–water partition coefficient (Wildman–Crippen LogP) is 0.763. The first kappa shape index (κ1) is 24.6. The van der Waals surface area contributed by atoms with Gasteiger partial charge in [0, 0.05) is 42.2 Å². The topological polar surface area (TPSA) is 146 Å². The molecule has 2 aromatic rings. The fourth-order valence-corrected chi connectivity index (χ4v) is 3.32. The minimum atomic E-state index is -0.696. The van der Waals surface area contributed by atoms with Crippen LogP contribution in [0.25, 0.3) is 0 Å². The van der Waals surface area contributed by atoms with Gasteiger partial charge in [-0.15, -0.1) is 0 Å². The van der Waals surface area contributed by atoms with Gasteiger partial charge in [-0.25, -0.2) is 0 Å². The van der Waals surface area contributed by atoms with E-state index in [4.69, 9.17) is 4.74 Å². The van der Waals surface area contributed by atoms with Crippen molar-refractivity contribution in [2.75, 3.05) is 56.7 Å². The molecule has 0 aromatic heterocycles. The third kappa shape index (κ3) is 7.25. The number of likely N-dealkylation sites (N-methyl/N-ethyl adjacent to an activating group) is 1. The van der Waals surface area contributed by atoms with E-state index in [2.05, 4.69) is 21.1 Å². The Balaban J connectivity index is 1.40. The van der Waals surface area contributed by atoms with Crippen molar-refractivity contribution in [2.45, 2.75) is 0 Å². The number of rotatable bonds is 8. The largest absolute Gasteiger partial charge is 0.378 e. The molecule has 0 atom stereocenters. The van der Waals surface area contributed by atoms with Gasteiger partial charge in [-0.1, -0.05) is 6.07 Å². The number of ether oxygens (including phenoxy) is 1. The van der Waals surface area contributed by atoms with Gasteiger partial charge in [0.25, 0.3) is 17.5 Å². The molecule has 0 bridgehead atoms. The first-order chi connectivity index (χ1) is 16.3. The summed E-state index contributed by atoms with van der Waals surface area (Å²) in [5.74, 6) is -1.54. The summed E-state index contributed by atoms with van der Waals surface area (Å²) in [4.78, 5) is 50.3. The molecule has 0 saturated carbocycles. The lowest BCUT2D eigenvalue weighted by Gasteiger charge is -2.28. The first-order valence-electron chi connectivity index (χ1n) is 10.6. The number of amides is 3. The molecule has 3 rings (SSSR count). The molecule has 0 aliphatic carbocycles. The molecule has 1 saturated heterocycles. The Hall–Kier alpha value is -4.03. The molecule has 1 heterocycles. The molecule has 0 radical (unpaired) electrons. The molecule has 0 unspecified atom stereocenters.